The van der Waals surface area contributed by atoms with Gasteiger partial charge in [-0.2, -0.15) is 0 Å². The average molecular weight is 374 g/mol. The van der Waals surface area contributed by atoms with Crippen LogP contribution >= 0.6 is 22.7 Å². The highest BCUT2D eigenvalue weighted by molar-refractivity contribution is 7.16. The molecule has 0 aliphatic heterocycles. The van der Waals surface area contributed by atoms with Gasteiger partial charge < -0.3 is 9.88 Å². The zero-order valence-corrected chi connectivity index (χ0v) is 16.0. The van der Waals surface area contributed by atoms with Crippen LogP contribution in [0.2, 0.25) is 0 Å². The molecule has 25 heavy (non-hydrogen) atoms. The standard InChI is InChI=1S/C18H19N3O2S2/c1-11(22)13-8-16(21(3)9-13)18(23)19-7-6-14-4-5-17(25-14)15-10-24-12(2)20-15/h4-5,8-10H,6-7H2,1-3H3,(H,19,23). The van der Waals surface area contributed by atoms with Gasteiger partial charge >= 0.3 is 0 Å². The zero-order valence-electron chi connectivity index (χ0n) is 14.3. The number of ketones is 1. The summed E-state index contributed by atoms with van der Waals surface area (Å²) < 4.78 is 1.68. The normalized spacial score (nSPS) is 10.8. The van der Waals surface area contributed by atoms with Gasteiger partial charge in [-0.15, -0.1) is 22.7 Å². The van der Waals surface area contributed by atoms with Crippen LogP contribution in [0.1, 0.15) is 37.7 Å². The van der Waals surface area contributed by atoms with Gasteiger partial charge in [-0.3, -0.25) is 9.59 Å². The SMILES string of the molecule is CC(=O)c1cc(C(=O)NCCc2ccc(-c3csc(C)n3)s2)n(C)c1. The largest absolute Gasteiger partial charge is 0.350 e. The molecule has 0 bridgehead atoms. The van der Waals surface area contributed by atoms with Gasteiger partial charge in [0, 0.05) is 35.6 Å². The first-order valence-corrected chi connectivity index (χ1v) is 9.60. The molecule has 0 unspecified atom stereocenters. The second-order valence-electron chi connectivity index (χ2n) is 5.80. The number of amides is 1. The topological polar surface area (TPSA) is 64.0 Å². The molecule has 0 aliphatic carbocycles. The molecule has 3 aromatic heterocycles. The quantitative estimate of drug-likeness (QED) is 0.670. The number of hydrogen-bond acceptors (Lipinski definition) is 5. The van der Waals surface area contributed by atoms with Gasteiger partial charge in [0.15, 0.2) is 5.78 Å². The molecular formula is C18H19N3O2S2. The predicted octanol–water partition coefficient (Wildman–Crippen LogP) is 3.69. The minimum Gasteiger partial charge on any atom is -0.350 e. The third-order valence-corrected chi connectivity index (χ3v) is 5.78. The van der Waals surface area contributed by atoms with E-state index in [4.69, 9.17) is 0 Å². The maximum absolute atomic E-state index is 12.3. The molecule has 0 radical (unpaired) electrons. The van der Waals surface area contributed by atoms with Gasteiger partial charge in [0.25, 0.3) is 5.91 Å². The molecule has 5 nitrogen and oxygen atoms in total. The number of aromatic nitrogens is 2. The summed E-state index contributed by atoms with van der Waals surface area (Å²) in [5, 5.41) is 6.04. The van der Waals surface area contributed by atoms with Gasteiger partial charge in [0.05, 0.1) is 15.6 Å². The van der Waals surface area contributed by atoms with E-state index in [9.17, 15) is 9.59 Å². The number of aryl methyl sites for hydroxylation is 2. The Labute approximate surface area is 154 Å². The number of hydrogen-bond donors (Lipinski definition) is 1. The average Bonchev–Trinajstić information content (AvgIpc) is 3.26. The molecule has 0 aromatic carbocycles. The van der Waals surface area contributed by atoms with Crippen molar-refractivity contribution in [1.29, 1.82) is 0 Å². The van der Waals surface area contributed by atoms with Gasteiger partial charge in [-0.1, -0.05) is 0 Å². The zero-order chi connectivity index (χ0) is 18.0. The van der Waals surface area contributed by atoms with Crippen molar-refractivity contribution in [3.8, 4) is 10.6 Å². The third kappa shape index (κ3) is 4.05. The Morgan fingerprint density at radius 2 is 2.12 bits per heavy atom. The summed E-state index contributed by atoms with van der Waals surface area (Å²) in [7, 11) is 1.77. The summed E-state index contributed by atoms with van der Waals surface area (Å²) in [4.78, 5) is 30.5. The Balaban J connectivity index is 1.57. The smallest absolute Gasteiger partial charge is 0.267 e. The van der Waals surface area contributed by atoms with Crippen molar-refractivity contribution in [2.75, 3.05) is 6.54 Å². The molecule has 3 heterocycles. The van der Waals surface area contributed by atoms with Gasteiger partial charge in [0.1, 0.15) is 5.69 Å². The second-order valence-corrected chi connectivity index (χ2v) is 8.04. The summed E-state index contributed by atoms with van der Waals surface area (Å²) in [5.74, 6) is -0.208. The molecule has 0 aliphatic rings. The second kappa shape index (κ2) is 7.33. The van der Waals surface area contributed by atoms with E-state index in [0.717, 1.165) is 22.0 Å². The summed E-state index contributed by atoms with van der Waals surface area (Å²) in [6.45, 7) is 4.05. The van der Waals surface area contributed by atoms with Crippen molar-refractivity contribution in [1.82, 2.24) is 14.9 Å². The van der Waals surface area contributed by atoms with E-state index in [1.54, 1.807) is 46.6 Å². The van der Waals surface area contributed by atoms with Crippen molar-refractivity contribution in [2.45, 2.75) is 20.3 Å². The molecule has 1 N–H and O–H groups in total. The van der Waals surface area contributed by atoms with E-state index in [1.807, 2.05) is 6.92 Å². The van der Waals surface area contributed by atoms with Gasteiger partial charge in [0.2, 0.25) is 0 Å². The number of thiazole rings is 1. The fourth-order valence-electron chi connectivity index (χ4n) is 2.50. The van der Waals surface area contributed by atoms with Crippen molar-refractivity contribution < 1.29 is 9.59 Å². The number of rotatable bonds is 6. The molecule has 0 atom stereocenters. The van der Waals surface area contributed by atoms with Crippen molar-refractivity contribution >= 4 is 34.4 Å². The predicted molar refractivity (Wildman–Crippen MR) is 102 cm³/mol. The summed E-state index contributed by atoms with van der Waals surface area (Å²) in [6.07, 6.45) is 2.45. The molecule has 1 amide bonds. The first-order valence-electron chi connectivity index (χ1n) is 7.91. The van der Waals surface area contributed by atoms with Crippen LogP contribution in [0.4, 0.5) is 0 Å². The van der Waals surface area contributed by atoms with Crippen LogP contribution < -0.4 is 5.32 Å². The molecule has 130 valence electrons. The van der Waals surface area contributed by atoms with Crippen LogP contribution in [-0.4, -0.2) is 27.8 Å². The number of nitrogens with zero attached hydrogens (tertiary/aromatic N) is 2. The maximum atomic E-state index is 12.3. The fraction of sp³-hybridized carbons (Fsp3) is 0.278. The Bertz CT molecular complexity index is 921. The van der Waals surface area contributed by atoms with Crippen molar-refractivity contribution in [2.24, 2.45) is 7.05 Å². The van der Waals surface area contributed by atoms with Crippen LogP contribution in [0.25, 0.3) is 10.6 Å². The summed E-state index contributed by atoms with van der Waals surface area (Å²) in [6, 6.07) is 5.79. The number of carbonyl (C=O) groups excluding carboxylic acids is 2. The molecule has 7 heteroatoms. The van der Waals surface area contributed by atoms with Crippen molar-refractivity contribution in [3.05, 3.63) is 50.9 Å². The van der Waals surface area contributed by atoms with E-state index in [-0.39, 0.29) is 11.7 Å². The van der Waals surface area contributed by atoms with Crippen LogP contribution in [-0.2, 0) is 13.5 Å². The highest BCUT2D eigenvalue weighted by Crippen LogP contribution is 2.29. The molecule has 3 rings (SSSR count). The summed E-state index contributed by atoms with van der Waals surface area (Å²) >= 11 is 3.35. The molecule has 3 aromatic rings. The monoisotopic (exact) mass is 373 g/mol. The highest BCUT2D eigenvalue weighted by Gasteiger charge is 2.13. The van der Waals surface area contributed by atoms with Crippen LogP contribution in [0.3, 0.4) is 0 Å². The fourth-order valence-corrected chi connectivity index (χ4v) is 4.15. The van der Waals surface area contributed by atoms with Crippen LogP contribution in [0.5, 0.6) is 0 Å². The lowest BCUT2D eigenvalue weighted by atomic mass is 10.2. The Hall–Kier alpha value is -2.25. The minimum atomic E-state index is -0.165. The van der Waals surface area contributed by atoms with E-state index in [1.165, 1.54) is 11.8 Å². The van der Waals surface area contributed by atoms with Crippen LogP contribution in [0.15, 0.2) is 29.8 Å². The Morgan fingerprint density at radius 1 is 1.32 bits per heavy atom. The van der Waals surface area contributed by atoms with E-state index in [0.29, 0.717) is 17.8 Å². The van der Waals surface area contributed by atoms with Crippen molar-refractivity contribution in [3.63, 3.8) is 0 Å². The van der Waals surface area contributed by atoms with Gasteiger partial charge in [-0.05, 0) is 38.5 Å². The first-order chi connectivity index (χ1) is 11.9. The lowest BCUT2D eigenvalue weighted by Gasteiger charge is -2.05. The minimum absolute atomic E-state index is 0.0435. The molecule has 0 saturated carbocycles. The first kappa shape index (κ1) is 17.6. The lowest BCUT2D eigenvalue weighted by Crippen LogP contribution is -2.27. The maximum Gasteiger partial charge on any atom is 0.267 e. The van der Waals surface area contributed by atoms with Gasteiger partial charge in [-0.25, -0.2) is 4.98 Å². The third-order valence-electron chi connectivity index (χ3n) is 3.83. The number of thiophene rings is 1. The number of nitrogens with one attached hydrogen (secondary N) is 1. The number of Topliss-reactive ketones (excluding diaryl/α,β-unsaturated/α-hetero) is 1. The van der Waals surface area contributed by atoms with E-state index in [2.05, 4.69) is 27.8 Å². The lowest BCUT2D eigenvalue weighted by molar-refractivity contribution is 0.0945. The van der Waals surface area contributed by atoms with Crippen LogP contribution in [0, 0.1) is 6.92 Å². The Kier molecular flexibility index (Phi) is 5.15. The van der Waals surface area contributed by atoms with E-state index >= 15 is 0 Å². The highest BCUT2D eigenvalue weighted by atomic mass is 32.1. The molecule has 0 fully saturated rings. The van der Waals surface area contributed by atoms with E-state index < -0.39 is 0 Å². The Morgan fingerprint density at radius 3 is 2.76 bits per heavy atom. The number of carbonyl (C=O) groups is 2. The molecule has 0 saturated heterocycles. The summed E-state index contributed by atoms with van der Waals surface area (Å²) in [5.41, 5.74) is 2.06. The molecular weight excluding hydrogens is 354 g/mol. The molecule has 0 spiro atoms.